The summed E-state index contributed by atoms with van der Waals surface area (Å²) in [6.07, 6.45) is 0.785. The van der Waals surface area contributed by atoms with E-state index in [4.69, 9.17) is 21.3 Å². The van der Waals surface area contributed by atoms with Crippen LogP contribution in [0.5, 0.6) is 5.75 Å². The molecule has 1 amide bonds. The SMILES string of the molecule is COc1ccc2c(c1)C(c1ccc(Cl)cc1)=N[C@@H](CC(=O)NCCc1ccc3scc([Si](C)(C)O)c3c1)c1nnc(C)n1-2. The Labute approximate surface area is 260 Å². The second-order valence-electron chi connectivity index (χ2n) is 11.2. The number of amides is 1. The molecule has 0 aliphatic carbocycles. The molecule has 5 aromatic rings. The Bertz CT molecular complexity index is 1860. The number of benzene rings is 3. The van der Waals surface area contributed by atoms with Gasteiger partial charge in [0, 0.05) is 27.4 Å². The molecule has 1 aliphatic rings. The number of ether oxygens (including phenoxy) is 1. The normalized spacial score (nSPS) is 14.6. The van der Waals surface area contributed by atoms with Crippen LogP contribution >= 0.6 is 22.9 Å². The summed E-state index contributed by atoms with van der Waals surface area (Å²) in [5.74, 6) is 1.88. The van der Waals surface area contributed by atoms with E-state index in [0.717, 1.165) is 43.4 Å². The number of carbonyl (C=O) groups excluding carboxylic acids is 1. The fourth-order valence-electron chi connectivity index (χ4n) is 5.48. The third-order valence-corrected chi connectivity index (χ3v) is 10.8. The number of fused-ring (bicyclic) bond motifs is 4. The van der Waals surface area contributed by atoms with Gasteiger partial charge in [0.25, 0.3) is 0 Å². The number of hydrogen-bond acceptors (Lipinski definition) is 7. The van der Waals surface area contributed by atoms with Gasteiger partial charge in [-0.25, -0.2) is 0 Å². The molecule has 1 atom stereocenters. The largest absolute Gasteiger partial charge is 0.497 e. The highest BCUT2D eigenvalue weighted by Crippen LogP contribution is 2.34. The molecule has 8 nitrogen and oxygen atoms in total. The van der Waals surface area contributed by atoms with E-state index < -0.39 is 14.4 Å². The lowest BCUT2D eigenvalue weighted by molar-refractivity contribution is -0.121. The number of halogens is 1. The van der Waals surface area contributed by atoms with Crippen LogP contribution in [0.4, 0.5) is 0 Å². The summed E-state index contributed by atoms with van der Waals surface area (Å²) < 4.78 is 8.68. The molecule has 0 radical (unpaired) electrons. The van der Waals surface area contributed by atoms with Crippen LogP contribution in [0, 0.1) is 6.92 Å². The van der Waals surface area contributed by atoms with Gasteiger partial charge in [0.1, 0.15) is 17.6 Å². The Morgan fingerprint density at radius 1 is 1.12 bits per heavy atom. The Morgan fingerprint density at radius 3 is 2.65 bits per heavy atom. The molecule has 1 aliphatic heterocycles. The maximum absolute atomic E-state index is 13.3. The van der Waals surface area contributed by atoms with Gasteiger partial charge in [-0.2, -0.15) is 0 Å². The Hall–Kier alpha value is -3.83. The lowest BCUT2D eigenvalue weighted by Crippen LogP contribution is -2.40. The lowest BCUT2D eigenvalue weighted by atomic mass is 10.00. The first-order valence-corrected chi connectivity index (χ1v) is 18.3. The molecule has 220 valence electrons. The van der Waals surface area contributed by atoms with Crippen LogP contribution in [-0.2, 0) is 11.2 Å². The van der Waals surface area contributed by atoms with Crippen LogP contribution in [0.15, 0.2) is 71.0 Å². The Kier molecular flexibility index (Phi) is 7.95. The first-order valence-electron chi connectivity index (χ1n) is 14.1. The van der Waals surface area contributed by atoms with Gasteiger partial charge in [0.2, 0.25) is 14.2 Å². The van der Waals surface area contributed by atoms with Crippen LogP contribution in [-0.4, -0.2) is 53.2 Å². The minimum absolute atomic E-state index is 0.109. The van der Waals surface area contributed by atoms with Gasteiger partial charge in [-0.3, -0.25) is 14.4 Å². The standard InChI is InChI=1S/C32H32ClN5O3SSi/c1-19-36-37-32-26(17-30(39)34-14-13-20-5-12-28-25(15-20)29(18-42-28)43(3,4)40)35-31(21-6-8-22(33)9-7-21)24-16-23(41-2)10-11-27(24)38(19)32/h5-12,15-16,18,26,40H,13-14,17H2,1-4H3,(H,34,39)/t26-/m0/s1. The molecule has 0 saturated heterocycles. The van der Waals surface area contributed by atoms with Crippen LogP contribution < -0.4 is 15.2 Å². The topological polar surface area (TPSA) is 102 Å². The van der Waals surface area contributed by atoms with Crippen molar-refractivity contribution in [1.29, 1.82) is 0 Å². The number of aryl methyl sites for hydroxylation is 1. The molecule has 3 aromatic carbocycles. The third kappa shape index (κ3) is 5.88. The van der Waals surface area contributed by atoms with Crippen molar-refractivity contribution in [2.75, 3.05) is 13.7 Å². The van der Waals surface area contributed by atoms with Gasteiger partial charge in [0.15, 0.2) is 5.82 Å². The highest BCUT2D eigenvalue weighted by Gasteiger charge is 2.30. The van der Waals surface area contributed by atoms with Crippen molar-refractivity contribution in [3.05, 3.63) is 99.4 Å². The predicted octanol–water partition coefficient (Wildman–Crippen LogP) is 5.50. The lowest BCUT2D eigenvalue weighted by Gasteiger charge is -2.14. The van der Waals surface area contributed by atoms with E-state index in [-0.39, 0.29) is 12.3 Å². The number of thiophene rings is 1. The molecule has 0 unspecified atom stereocenters. The van der Waals surface area contributed by atoms with Gasteiger partial charge in [-0.1, -0.05) is 35.9 Å². The quantitative estimate of drug-likeness (QED) is 0.221. The van der Waals surface area contributed by atoms with E-state index in [1.54, 1.807) is 18.4 Å². The number of carbonyl (C=O) groups is 1. The van der Waals surface area contributed by atoms with Crippen molar-refractivity contribution < 1.29 is 14.3 Å². The molecular formula is C32H32ClN5O3SSi. The first-order chi connectivity index (χ1) is 20.6. The third-order valence-electron chi connectivity index (χ3n) is 7.66. The maximum atomic E-state index is 13.3. The number of nitrogens with zero attached hydrogens (tertiary/aromatic N) is 4. The van der Waals surface area contributed by atoms with Crippen molar-refractivity contribution in [1.82, 2.24) is 20.1 Å². The summed E-state index contributed by atoms with van der Waals surface area (Å²) in [4.78, 5) is 29.2. The van der Waals surface area contributed by atoms with Crippen molar-refractivity contribution in [3.8, 4) is 11.4 Å². The van der Waals surface area contributed by atoms with Crippen molar-refractivity contribution in [2.45, 2.75) is 38.9 Å². The molecule has 2 aromatic heterocycles. The fourth-order valence-corrected chi connectivity index (χ4v) is 8.70. The van der Waals surface area contributed by atoms with E-state index in [9.17, 15) is 9.59 Å². The predicted molar refractivity (Wildman–Crippen MR) is 175 cm³/mol. The van der Waals surface area contributed by atoms with E-state index in [1.807, 2.05) is 67.0 Å². The molecule has 6 rings (SSSR count). The summed E-state index contributed by atoms with van der Waals surface area (Å²) >= 11 is 7.86. The molecule has 3 heterocycles. The zero-order valence-electron chi connectivity index (χ0n) is 24.4. The average Bonchev–Trinajstić information content (AvgIpc) is 3.55. The number of aliphatic imine (C=N–C) groups is 1. The number of methoxy groups -OCH3 is 1. The van der Waals surface area contributed by atoms with Crippen molar-refractivity contribution in [2.24, 2.45) is 4.99 Å². The molecule has 11 heteroatoms. The average molecular weight is 630 g/mol. The number of rotatable bonds is 8. The zero-order chi connectivity index (χ0) is 30.3. The van der Waals surface area contributed by atoms with E-state index >= 15 is 0 Å². The molecular weight excluding hydrogens is 598 g/mol. The monoisotopic (exact) mass is 629 g/mol. The van der Waals surface area contributed by atoms with E-state index in [1.165, 1.54) is 0 Å². The van der Waals surface area contributed by atoms with Crippen LogP contribution in [0.2, 0.25) is 18.1 Å². The van der Waals surface area contributed by atoms with Crippen LogP contribution in [0.1, 0.15) is 40.8 Å². The molecule has 0 spiro atoms. The Balaban J connectivity index is 1.27. The summed E-state index contributed by atoms with van der Waals surface area (Å²) in [6, 6.07) is 19.1. The number of nitrogens with one attached hydrogen (secondary N) is 1. The van der Waals surface area contributed by atoms with Gasteiger partial charge in [0.05, 0.1) is 24.9 Å². The smallest absolute Gasteiger partial charge is 0.222 e. The second-order valence-corrected chi connectivity index (χ2v) is 16.2. The molecule has 2 N–H and O–H groups in total. The van der Waals surface area contributed by atoms with Crippen LogP contribution in [0.3, 0.4) is 0 Å². The Morgan fingerprint density at radius 2 is 1.91 bits per heavy atom. The molecule has 0 saturated carbocycles. The summed E-state index contributed by atoms with van der Waals surface area (Å²) in [5.41, 5.74) is 4.43. The first kappa shape index (κ1) is 29.2. The minimum atomic E-state index is -2.43. The summed E-state index contributed by atoms with van der Waals surface area (Å²) in [7, 11) is -0.803. The highest BCUT2D eigenvalue weighted by molar-refractivity contribution is 7.19. The summed E-state index contributed by atoms with van der Waals surface area (Å²) in [6.45, 7) is 6.25. The van der Waals surface area contributed by atoms with Crippen molar-refractivity contribution >= 4 is 58.1 Å². The highest BCUT2D eigenvalue weighted by atomic mass is 35.5. The van der Waals surface area contributed by atoms with Gasteiger partial charge in [-0.05, 0) is 84.4 Å². The number of aromatic nitrogens is 3. The fraction of sp³-hybridized carbons (Fsp3) is 0.250. The van der Waals surface area contributed by atoms with Crippen molar-refractivity contribution in [3.63, 3.8) is 0 Å². The van der Waals surface area contributed by atoms with E-state index in [0.29, 0.717) is 35.4 Å². The second kappa shape index (κ2) is 11.7. The minimum Gasteiger partial charge on any atom is -0.497 e. The van der Waals surface area contributed by atoms with Gasteiger partial charge < -0.3 is 14.8 Å². The van der Waals surface area contributed by atoms with Crippen LogP contribution in [0.25, 0.3) is 15.8 Å². The molecule has 43 heavy (non-hydrogen) atoms. The molecule has 0 fully saturated rings. The van der Waals surface area contributed by atoms with Gasteiger partial charge in [-0.15, -0.1) is 21.5 Å². The number of hydrogen-bond donors (Lipinski definition) is 2. The maximum Gasteiger partial charge on any atom is 0.222 e. The summed E-state index contributed by atoms with van der Waals surface area (Å²) in [5, 5.41) is 16.8. The van der Waals surface area contributed by atoms with Gasteiger partial charge >= 0.3 is 0 Å². The molecule has 0 bridgehead atoms. The van der Waals surface area contributed by atoms with E-state index in [2.05, 4.69) is 39.1 Å². The zero-order valence-corrected chi connectivity index (χ0v) is 27.0.